The molecule has 2 N–H and O–H groups in total. The van der Waals surface area contributed by atoms with Gasteiger partial charge in [0.2, 0.25) is 5.91 Å². The number of nitrogens with one attached hydrogen (secondary N) is 2. The quantitative estimate of drug-likeness (QED) is 0.740. The fourth-order valence-electron chi connectivity index (χ4n) is 3.37. The first-order chi connectivity index (χ1) is 13.1. The van der Waals surface area contributed by atoms with Crippen LogP contribution in [0.15, 0.2) is 36.4 Å². The third kappa shape index (κ3) is 4.56. The SMILES string of the molecule is C[Si](C)(C)c1ccc(NC(=O)[C@@H]2NCCc3cc(OC(F)F)ccc32)cc1F. The highest BCUT2D eigenvalue weighted by atomic mass is 28.3. The number of hydrogen-bond donors (Lipinski definition) is 2. The molecule has 1 aliphatic rings. The van der Waals surface area contributed by atoms with E-state index in [0.717, 1.165) is 5.56 Å². The van der Waals surface area contributed by atoms with Crippen molar-refractivity contribution >= 4 is 24.9 Å². The summed E-state index contributed by atoms with van der Waals surface area (Å²) in [4.78, 5) is 12.7. The van der Waals surface area contributed by atoms with Gasteiger partial charge >= 0.3 is 6.61 Å². The van der Waals surface area contributed by atoms with Crippen LogP contribution in [0, 0.1) is 5.82 Å². The van der Waals surface area contributed by atoms with Crippen LogP contribution >= 0.6 is 0 Å². The van der Waals surface area contributed by atoms with Gasteiger partial charge in [0.15, 0.2) is 0 Å². The number of anilines is 1. The maximum absolute atomic E-state index is 14.4. The van der Waals surface area contributed by atoms with Crippen LogP contribution in [-0.4, -0.2) is 27.1 Å². The zero-order chi connectivity index (χ0) is 20.5. The Morgan fingerprint density at radius 2 is 1.96 bits per heavy atom. The van der Waals surface area contributed by atoms with Gasteiger partial charge in [-0.15, -0.1) is 0 Å². The Kier molecular flexibility index (Phi) is 5.81. The topological polar surface area (TPSA) is 50.4 Å². The van der Waals surface area contributed by atoms with E-state index in [1.807, 2.05) is 0 Å². The molecule has 0 fully saturated rings. The predicted octanol–water partition coefficient (Wildman–Crippen LogP) is 3.80. The molecule has 150 valence electrons. The molecule has 4 nitrogen and oxygen atoms in total. The predicted molar refractivity (Wildman–Crippen MR) is 106 cm³/mol. The van der Waals surface area contributed by atoms with E-state index in [1.54, 1.807) is 18.2 Å². The van der Waals surface area contributed by atoms with Gasteiger partial charge in [0.05, 0.1) is 8.07 Å². The summed E-state index contributed by atoms with van der Waals surface area (Å²) in [6.07, 6.45) is 0.596. The van der Waals surface area contributed by atoms with Crippen molar-refractivity contribution in [2.24, 2.45) is 0 Å². The van der Waals surface area contributed by atoms with E-state index in [1.165, 1.54) is 18.2 Å². The van der Waals surface area contributed by atoms with Gasteiger partial charge in [-0.25, -0.2) is 4.39 Å². The van der Waals surface area contributed by atoms with Crippen LogP contribution in [0.2, 0.25) is 19.6 Å². The molecule has 0 bridgehead atoms. The Labute approximate surface area is 163 Å². The normalized spacial score (nSPS) is 16.6. The highest BCUT2D eigenvalue weighted by molar-refractivity contribution is 6.88. The summed E-state index contributed by atoms with van der Waals surface area (Å²) >= 11 is 0. The number of fused-ring (bicyclic) bond motifs is 1. The third-order valence-electron chi connectivity index (χ3n) is 4.70. The fourth-order valence-corrected chi connectivity index (χ4v) is 4.74. The molecule has 0 saturated heterocycles. The lowest BCUT2D eigenvalue weighted by molar-refractivity contribution is -0.118. The molecule has 28 heavy (non-hydrogen) atoms. The van der Waals surface area contributed by atoms with Crippen LogP contribution in [0.4, 0.5) is 18.9 Å². The van der Waals surface area contributed by atoms with Gasteiger partial charge in [-0.05, 0) is 47.0 Å². The minimum absolute atomic E-state index is 0.0683. The van der Waals surface area contributed by atoms with Crippen LogP contribution in [0.1, 0.15) is 17.2 Å². The summed E-state index contributed by atoms with van der Waals surface area (Å²) in [5.41, 5.74) is 1.86. The van der Waals surface area contributed by atoms with Crippen molar-refractivity contribution < 1.29 is 22.7 Å². The van der Waals surface area contributed by atoms with E-state index >= 15 is 0 Å². The molecule has 0 aliphatic carbocycles. The Morgan fingerprint density at radius 3 is 2.61 bits per heavy atom. The fraction of sp³-hybridized carbons (Fsp3) is 0.350. The summed E-state index contributed by atoms with van der Waals surface area (Å²) in [6, 6.07) is 8.69. The zero-order valence-corrected chi connectivity index (χ0v) is 17.0. The molecule has 3 rings (SSSR count). The van der Waals surface area contributed by atoms with Gasteiger partial charge in [-0.3, -0.25) is 4.79 Å². The van der Waals surface area contributed by atoms with E-state index in [0.29, 0.717) is 29.4 Å². The van der Waals surface area contributed by atoms with E-state index in [2.05, 4.69) is 35.0 Å². The second-order valence-corrected chi connectivity index (χ2v) is 12.8. The molecule has 8 heteroatoms. The number of amides is 1. The smallest absolute Gasteiger partial charge is 0.387 e. The Morgan fingerprint density at radius 1 is 1.21 bits per heavy atom. The van der Waals surface area contributed by atoms with Crippen molar-refractivity contribution in [3.63, 3.8) is 0 Å². The van der Waals surface area contributed by atoms with Gasteiger partial charge in [0.25, 0.3) is 0 Å². The lowest BCUT2D eigenvalue weighted by Gasteiger charge is -2.26. The van der Waals surface area contributed by atoms with E-state index in [4.69, 9.17) is 0 Å². The largest absolute Gasteiger partial charge is 0.435 e. The van der Waals surface area contributed by atoms with Crippen LogP contribution in [0.5, 0.6) is 5.75 Å². The van der Waals surface area contributed by atoms with Gasteiger partial charge in [0.1, 0.15) is 17.6 Å². The van der Waals surface area contributed by atoms with Gasteiger partial charge in [-0.2, -0.15) is 8.78 Å². The summed E-state index contributed by atoms with van der Waals surface area (Å²) in [6.45, 7) is 3.79. The molecule has 1 atom stereocenters. The zero-order valence-electron chi connectivity index (χ0n) is 16.0. The molecule has 0 saturated carbocycles. The van der Waals surface area contributed by atoms with Crippen molar-refractivity contribution in [1.29, 1.82) is 0 Å². The number of carbonyl (C=O) groups is 1. The van der Waals surface area contributed by atoms with Crippen LogP contribution in [0.3, 0.4) is 0 Å². The van der Waals surface area contributed by atoms with Crippen LogP contribution in [0.25, 0.3) is 0 Å². The molecule has 1 heterocycles. The van der Waals surface area contributed by atoms with Crippen molar-refractivity contribution in [3.8, 4) is 5.75 Å². The first-order valence-electron chi connectivity index (χ1n) is 9.07. The second kappa shape index (κ2) is 7.96. The van der Waals surface area contributed by atoms with Crippen molar-refractivity contribution in [2.45, 2.75) is 38.7 Å². The van der Waals surface area contributed by atoms with E-state index < -0.39 is 20.7 Å². The average Bonchev–Trinajstić information content (AvgIpc) is 2.59. The molecule has 0 unspecified atom stereocenters. The number of ether oxygens (including phenoxy) is 1. The molecular weight excluding hydrogens is 385 g/mol. The summed E-state index contributed by atoms with van der Waals surface area (Å²) in [7, 11) is -1.80. The molecule has 0 radical (unpaired) electrons. The van der Waals surface area contributed by atoms with E-state index in [-0.39, 0.29) is 17.5 Å². The first-order valence-corrected chi connectivity index (χ1v) is 12.6. The molecule has 1 aliphatic heterocycles. The molecule has 2 aromatic rings. The van der Waals surface area contributed by atoms with Gasteiger partial charge in [0, 0.05) is 12.2 Å². The third-order valence-corrected chi connectivity index (χ3v) is 6.72. The summed E-state index contributed by atoms with van der Waals surface area (Å²) in [5.74, 6) is -0.579. The second-order valence-electron chi connectivity index (χ2n) is 7.81. The Bertz CT molecular complexity index is 884. The summed E-state index contributed by atoms with van der Waals surface area (Å²) < 4.78 is 43.7. The standard InChI is InChI=1S/C20H23F3N2O2Si/c1-28(2,3)17-7-4-13(11-16(17)21)25-19(26)18-15-6-5-14(27-20(22)23)10-12(15)8-9-24-18/h4-7,10-11,18,20,24H,8-9H2,1-3H3,(H,25,26)/t18-/m1/s1. The number of halogens is 3. The van der Waals surface area contributed by atoms with Crippen LogP contribution in [-0.2, 0) is 11.2 Å². The molecule has 2 aromatic carbocycles. The lowest BCUT2D eigenvalue weighted by Crippen LogP contribution is -2.40. The number of hydrogen-bond acceptors (Lipinski definition) is 3. The number of carbonyl (C=O) groups excluding carboxylic acids is 1. The van der Waals surface area contributed by atoms with Crippen LogP contribution < -0.4 is 20.6 Å². The lowest BCUT2D eigenvalue weighted by atomic mass is 9.93. The minimum atomic E-state index is -2.90. The first kappa shape index (κ1) is 20.4. The molecule has 1 amide bonds. The minimum Gasteiger partial charge on any atom is -0.435 e. The Balaban J connectivity index is 1.78. The highest BCUT2D eigenvalue weighted by Crippen LogP contribution is 2.28. The number of rotatable bonds is 5. The average molecular weight is 408 g/mol. The Hall–Kier alpha value is -2.32. The maximum Gasteiger partial charge on any atom is 0.387 e. The number of alkyl halides is 2. The number of benzene rings is 2. The van der Waals surface area contributed by atoms with Gasteiger partial charge in [-0.1, -0.05) is 31.8 Å². The monoisotopic (exact) mass is 408 g/mol. The highest BCUT2D eigenvalue weighted by Gasteiger charge is 2.27. The molecule has 0 aromatic heterocycles. The van der Waals surface area contributed by atoms with Gasteiger partial charge < -0.3 is 15.4 Å². The van der Waals surface area contributed by atoms with Crippen molar-refractivity contribution in [2.75, 3.05) is 11.9 Å². The maximum atomic E-state index is 14.4. The molecular formula is C20H23F3N2O2Si. The molecule has 0 spiro atoms. The van der Waals surface area contributed by atoms with E-state index in [9.17, 15) is 18.0 Å². The summed E-state index contributed by atoms with van der Waals surface area (Å²) in [5, 5.41) is 6.57. The van der Waals surface area contributed by atoms with Crippen molar-refractivity contribution in [3.05, 3.63) is 53.3 Å². The van der Waals surface area contributed by atoms with Crippen molar-refractivity contribution in [1.82, 2.24) is 5.32 Å².